The lowest BCUT2D eigenvalue weighted by Gasteiger charge is -2.03. The number of aliphatic imine (C=N–C) groups is 1. The van der Waals surface area contributed by atoms with Crippen LogP contribution in [0.2, 0.25) is 0 Å². The predicted molar refractivity (Wildman–Crippen MR) is 68.7 cm³/mol. The molecule has 4 N–H and O–H groups in total. The van der Waals surface area contributed by atoms with Crippen molar-refractivity contribution in [2.24, 2.45) is 16.5 Å². The normalized spacial score (nSPS) is 9.68. The SMILES string of the molecule is NC(N)=NCCCOC(=O)c1ccc([N+](=O)[O-])cc1. The van der Waals surface area contributed by atoms with E-state index in [1.165, 1.54) is 24.3 Å². The van der Waals surface area contributed by atoms with Crippen molar-refractivity contribution in [2.45, 2.75) is 6.42 Å². The van der Waals surface area contributed by atoms with Gasteiger partial charge in [-0.25, -0.2) is 4.79 Å². The summed E-state index contributed by atoms with van der Waals surface area (Å²) < 4.78 is 4.95. The minimum absolute atomic E-state index is 0.0123. The number of carbonyl (C=O) groups excluding carboxylic acids is 1. The number of nitrogens with zero attached hydrogens (tertiary/aromatic N) is 2. The van der Waals surface area contributed by atoms with E-state index < -0.39 is 10.9 Å². The van der Waals surface area contributed by atoms with E-state index in [1.807, 2.05) is 0 Å². The van der Waals surface area contributed by atoms with Crippen molar-refractivity contribution in [2.75, 3.05) is 13.2 Å². The van der Waals surface area contributed by atoms with Gasteiger partial charge in [0.25, 0.3) is 5.69 Å². The summed E-state index contributed by atoms with van der Waals surface area (Å²) in [6.07, 6.45) is 0.497. The molecule has 8 nitrogen and oxygen atoms in total. The van der Waals surface area contributed by atoms with E-state index in [4.69, 9.17) is 16.2 Å². The highest BCUT2D eigenvalue weighted by molar-refractivity contribution is 5.89. The summed E-state index contributed by atoms with van der Waals surface area (Å²) in [6.45, 7) is 0.544. The summed E-state index contributed by atoms with van der Waals surface area (Å²) in [7, 11) is 0. The Morgan fingerprint density at radius 2 is 1.95 bits per heavy atom. The van der Waals surface area contributed by atoms with Crippen LogP contribution in [-0.4, -0.2) is 30.0 Å². The molecule has 8 heteroatoms. The molecule has 0 aliphatic rings. The smallest absolute Gasteiger partial charge is 0.338 e. The molecule has 1 rings (SSSR count). The Kier molecular flexibility index (Phi) is 5.27. The van der Waals surface area contributed by atoms with E-state index >= 15 is 0 Å². The second kappa shape index (κ2) is 6.94. The Morgan fingerprint density at radius 3 is 2.47 bits per heavy atom. The molecule has 102 valence electrons. The number of esters is 1. The molecular weight excluding hydrogens is 252 g/mol. The number of benzene rings is 1. The van der Waals surface area contributed by atoms with Gasteiger partial charge in [0.1, 0.15) is 0 Å². The van der Waals surface area contributed by atoms with Crippen molar-refractivity contribution in [3.05, 3.63) is 39.9 Å². The number of hydrogen-bond donors (Lipinski definition) is 2. The van der Waals surface area contributed by atoms with Crippen LogP contribution in [-0.2, 0) is 4.74 Å². The average Bonchev–Trinajstić information content (AvgIpc) is 2.37. The molecular formula is C11H14N4O4. The first kappa shape index (κ1) is 14.4. The molecule has 1 aromatic rings. The maximum absolute atomic E-state index is 11.5. The summed E-state index contributed by atoms with van der Waals surface area (Å²) >= 11 is 0. The number of ether oxygens (including phenoxy) is 1. The zero-order valence-corrected chi connectivity index (χ0v) is 10.1. The fourth-order valence-corrected chi connectivity index (χ4v) is 1.24. The number of guanidine groups is 1. The molecule has 0 fully saturated rings. The lowest BCUT2D eigenvalue weighted by molar-refractivity contribution is -0.384. The fourth-order valence-electron chi connectivity index (χ4n) is 1.24. The summed E-state index contributed by atoms with van der Waals surface area (Å²) in [6, 6.07) is 5.18. The Morgan fingerprint density at radius 1 is 1.32 bits per heavy atom. The first-order valence-electron chi connectivity index (χ1n) is 5.47. The van der Waals surface area contributed by atoms with E-state index in [0.29, 0.717) is 13.0 Å². The van der Waals surface area contributed by atoms with Crippen molar-refractivity contribution in [1.29, 1.82) is 0 Å². The molecule has 0 atom stereocenters. The van der Waals surface area contributed by atoms with Crippen molar-refractivity contribution in [1.82, 2.24) is 0 Å². The van der Waals surface area contributed by atoms with Crippen LogP contribution in [0.4, 0.5) is 5.69 Å². The molecule has 19 heavy (non-hydrogen) atoms. The molecule has 1 aromatic carbocycles. The number of rotatable bonds is 6. The number of nitro groups is 1. The van der Waals surface area contributed by atoms with Crippen LogP contribution in [0.1, 0.15) is 16.8 Å². The van der Waals surface area contributed by atoms with Gasteiger partial charge in [0.15, 0.2) is 5.96 Å². The lowest BCUT2D eigenvalue weighted by Crippen LogP contribution is -2.23. The highest BCUT2D eigenvalue weighted by Crippen LogP contribution is 2.12. The van der Waals surface area contributed by atoms with E-state index in [2.05, 4.69) is 4.99 Å². The van der Waals surface area contributed by atoms with Gasteiger partial charge in [-0.15, -0.1) is 0 Å². The molecule has 0 amide bonds. The average molecular weight is 266 g/mol. The molecule has 0 heterocycles. The molecule has 0 saturated carbocycles. The topological polar surface area (TPSA) is 134 Å². The molecule has 0 aliphatic carbocycles. The monoisotopic (exact) mass is 266 g/mol. The summed E-state index contributed by atoms with van der Waals surface area (Å²) in [4.78, 5) is 25.2. The zero-order valence-electron chi connectivity index (χ0n) is 10.1. The second-order valence-corrected chi connectivity index (χ2v) is 3.60. The number of hydrogen-bond acceptors (Lipinski definition) is 5. The maximum Gasteiger partial charge on any atom is 0.338 e. The highest BCUT2D eigenvalue weighted by atomic mass is 16.6. The van der Waals surface area contributed by atoms with Crippen LogP contribution >= 0.6 is 0 Å². The van der Waals surface area contributed by atoms with Crippen molar-refractivity contribution < 1.29 is 14.5 Å². The van der Waals surface area contributed by atoms with Crippen LogP contribution in [0, 0.1) is 10.1 Å². The van der Waals surface area contributed by atoms with Gasteiger partial charge in [0, 0.05) is 25.1 Å². The Bertz CT molecular complexity index is 480. The molecule has 0 radical (unpaired) electrons. The van der Waals surface area contributed by atoms with Crippen LogP contribution < -0.4 is 11.5 Å². The Hall–Kier alpha value is -2.64. The molecule has 0 bridgehead atoms. The molecule has 0 aliphatic heterocycles. The fraction of sp³-hybridized carbons (Fsp3) is 0.273. The van der Waals surface area contributed by atoms with Gasteiger partial charge in [-0.05, 0) is 12.1 Å². The number of nitro benzene ring substituents is 1. The van der Waals surface area contributed by atoms with Gasteiger partial charge in [-0.1, -0.05) is 0 Å². The molecule has 0 saturated heterocycles. The van der Waals surface area contributed by atoms with Crippen LogP contribution in [0.15, 0.2) is 29.3 Å². The van der Waals surface area contributed by atoms with Crippen LogP contribution in [0.25, 0.3) is 0 Å². The van der Waals surface area contributed by atoms with Gasteiger partial charge >= 0.3 is 5.97 Å². The van der Waals surface area contributed by atoms with Crippen molar-refractivity contribution in [3.8, 4) is 0 Å². The van der Waals surface area contributed by atoms with Crippen molar-refractivity contribution >= 4 is 17.6 Å². The maximum atomic E-state index is 11.5. The first-order chi connectivity index (χ1) is 9.00. The number of nitrogens with two attached hydrogens (primary N) is 2. The van der Waals surface area contributed by atoms with Gasteiger partial charge in [0.05, 0.1) is 17.1 Å². The van der Waals surface area contributed by atoms with E-state index in [0.717, 1.165) is 0 Å². The van der Waals surface area contributed by atoms with E-state index in [-0.39, 0.29) is 23.8 Å². The first-order valence-corrected chi connectivity index (χ1v) is 5.47. The second-order valence-electron chi connectivity index (χ2n) is 3.60. The van der Waals surface area contributed by atoms with Gasteiger partial charge in [-0.2, -0.15) is 0 Å². The quantitative estimate of drug-likeness (QED) is 0.191. The summed E-state index contributed by atoms with van der Waals surface area (Å²) in [5.74, 6) is -0.554. The van der Waals surface area contributed by atoms with Crippen molar-refractivity contribution in [3.63, 3.8) is 0 Å². The third kappa shape index (κ3) is 5.02. The van der Waals surface area contributed by atoms with Crippen LogP contribution in [0.5, 0.6) is 0 Å². The largest absolute Gasteiger partial charge is 0.462 e. The van der Waals surface area contributed by atoms with Gasteiger partial charge in [0.2, 0.25) is 0 Å². The summed E-state index contributed by atoms with van der Waals surface area (Å²) in [5.41, 5.74) is 10.4. The highest BCUT2D eigenvalue weighted by Gasteiger charge is 2.10. The third-order valence-electron chi connectivity index (χ3n) is 2.14. The number of carbonyl (C=O) groups is 1. The third-order valence-corrected chi connectivity index (χ3v) is 2.14. The number of non-ortho nitro benzene ring substituents is 1. The summed E-state index contributed by atoms with van der Waals surface area (Å²) in [5, 5.41) is 10.4. The Labute approximate surface area is 109 Å². The minimum atomic E-state index is -0.542. The minimum Gasteiger partial charge on any atom is -0.462 e. The van der Waals surface area contributed by atoms with Gasteiger partial charge in [-0.3, -0.25) is 15.1 Å². The molecule has 0 aromatic heterocycles. The van der Waals surface area contributed by atoms with Gasteiger partial charge < -0.3 is 16.2 Å². The van der Waals surface area contributed by atoms with E-state index in [9.17, 15) is 14.9 Å². The molecule has 0 unspecified atom stereocenters. The van der Waals surface area contributed by atoms with E-state index in [1.54, 1.807) is 0 Å². The molecule has 0 spiro atoms. The lowest BCUT2D eigenvalue weighted by atomic mass is 10.2. The Balaban J connectivity index is 2.41. The zero-order chi connectivity index (χ0) is 14.3. The predicted octanol–water partition coefficient (Wildman–Crippen LogP) is 0.415. The standard InChI is InChI=1S/C11H14N4O4/c12-11(13)14-6-1-7-19-10(16)8-2-4-9(5-3-8)15(17)18/h2-5H,1,6-7H2,(H4,12,13,14). The van der Waals surface area contributed by atoms with Crippen LogP contribution in [0.3, 0.4) is 0 Å².